The molecule has 0 aliphatic carbocycles. The molecule has 100 valence electrons. The van der Waals surface area contributed by atoms with Gasteiger partial charge in [-0.2, -0.15) is 0 Å². The van der Waals surface area contributed by atoms with Crippen LogP contribution in [0.15, 0.2) is 15.3 Å². The van der Waals surface area contributed by atoms with Gasteiger partial charge < -0.3 is 0 Å². The van der Waals surface area contributed by atoms with Gasteiger partial charge in [-0.05, 0) is 0 Å². The molecule has 1 aromatic rings. The molecule has 1 amide bonds. The molecule has 1 atom stereocenters. The quantitative estimate of drug-likeness (QED) is 0.311. The van der Waals surface area contributed by atoms with Gasteiger partial charge in [-0.25, -0.2) is 0 Å². The molecule has 18 heavy (non-hydrogen) atoms. The summed E-state index contributed by atoms with van der Waals surface area (Å²) in [6.07, 6.45) is 1.07. The van der Waals surface area contributed by atoms with Crippen LogP contribution in [-0.2, 0) is 1.68 Å². The summed E-state index contributed by atoms with van der Waals surface area (Å²) in [6.45, 7) is 3.97. The van der Waals surface area contributed by atoms with E-state index in [4.69, 9.17) is 0 Å². The maximum atomic E-state index is 12.3. The molecular weight excluding hydrogens is 526 g/mol. The Kier molecular flexibility index (Phi) is 4.42. The Morgan fingerprint density at radius 2 is 2.22 bits per heavy atom. The van der Waals surface area contributed by atoms with E-state index in [1.807, 2.05) is 6.92 Å². The van der Waals surface area contributed by atoms with Gasteiger partial charge in [0.05, 0.1) is 0 Å². The number of nitrogens with one attached hydrogen (secondary N) is 1. The molecule has 0 fully saturated rings. The molecule has 0 saturated carbocycles. The summed E-state index contributed by atoms with van der Waals surface area (Å²) in [5.41, 5.74) is 1.21. The molecule has 1 N–H and O–H groups in total. The van der Waals surface area contributed by atoms with Crippen molar-refractivity contribution in [2.24, 2.45) is 0 Å². The number of pyridine rings is 1. The molecule has 4 nitrogen and oxygen atoms in total. The number of carbonyl (C=O) groups is 1. The number of fused-ring (bicyclic) bond motifs is 1. The SMILES string of the molecule is CCC[I-]C1(I)NC(=O)c2c(C)cc(Br)c(=O)n21. The summed E-state index contributed by atoms with van der Waals surface area (Å²) in [5, 5.41) is 2.98. The first-order chi connectivity index (χ1) is 8.40. The van der Waals surface area contributed by atoms with E-state index in [0.29, 0.717) is 10.2 Å². The summed E-state index contributed by atoms with van der Waals surface area (Å²) in [4.78, 5) is 24.3. The van der Waals surface area contributed by atoms with Gasteiger partial charge >= 0.3 is 139 Å². The standard InChI is InChI=1S/C11H12BrI2N2O2/c1-3-4-14-11(13)15-9(17)8-6(2)5-7(12)10(18)16(8)11/h5H,3-4H2,1-2H3,(H,15,17)/q-1. The van der Waals surface area contributed by atoms with Crippen LogP contribution >= 0.6 is 38.5 Å². The molecule has 0 spiro atoms. The maximum absolute atomic E-state index is 12.3. The van der Waals surface area contributed by atoms with E-state index < -0.39 is 1.68 Å². The predicted molar refractivity (Wildman–Crippen MR) is 77.8 cm³/mol. The molecule has 2 rings (SSSR count). The van der Waals surface area contributed by atoms with Crippen molar-refractivity contribution >= 4 is 44.4 Å². The van der Waals surface area contributed by atoms with Gasteiger partial charge in [0.2, 0.25) is 0 Å². The second kappa shape index (κ2) is 5.39. The van der Waals surface area contributed by atoms with E-state index in [0.717, 1.165) is 16.4 Å². The van der Waals surface area contributed by atoms with E-state index in [-0.39, 0.29) is 32.7 Å². The Morgan fingerprint density at radius 3 is 2.83 bits per heavy atom. The normalized spacial score (nSPS) is 22.1. The number of rotatable bonds is 3. The van der Waals surface area contributed by atoms with Gasteiger partial charge in [-0.1, -0.05) is 0 Å². The fourth-order valence-electron chi connectivity index (χ4n) is 1.82. The summed E-state index contributed by atoms with van der Waals surface area (Å²) in [7, 11) is 0. The van der Waals surface area contributed by atoms with Crippen molar-refractivity contribution in [3.8, 4) is 0 Å². The van der Waals surface area contributed by atoms with Crippen molar-refractivity contribution in [2.75, 3.05) is 4.43 Å². The second-order valence-corrected chi connectivity index (χ2v) is 11.9. The molecule has 0 saturated heterocycles. The van der Waals surface area contributed by atoms with Crippen LogP contribution in [0.2, 0.25) is 0 Å². The van der Waals surface area contributed by atoms with E-state index in [2.05, 4.69) is 50.8 Å². The zero-order valence-electron chi connectivity index (χ0n) is 9.89. The number of nitrogens with zero attached hydrogens (tertiary/aromatic N) is 1. The third-order valence-electron chi connectivity index (χ3n) is 2.57. The Bertz CT molecular complexity index is 573. The summed E-state index contributed by atoms with van der Waals surface area (Å²) in [6, 6.07) is 1.72. The van der Waals surface area contributed by atoms with Crippen molar-refractivity contribution in [3.63, 3.8) is 0 Å². The molecular formula is C11H12BrI2N2O2-. The van der Waals surface area contributed by atoms with Gasteiger partial charge in [0.1, 0.15) is 0 Å². The van der Waals surface area contributed by atoms with Crippen LogP contribution in [0, 0.1) is 6.92 Å². The second-order valence-electron chi connectivity index (χ2n) is 3.98. The monoisotopic (exact) mass is 537 g/mol. The van der Waals surface area contributed by atoms with Crippen LogP contribution in [0.4, 0.5) is 0 Å². The predicted octanol–water partition coefficient (Wildman–Crippen LogP) is -0.836. The number of hydrogen-bond donors (Lipinski definition) is 1. The molecule has 0 bridgehead atoms. The third kappa shape index (κ3) is 2.37. The van der Waals surface area contributed by atoms with Crippen molar-refractivity contribution in [3.05, 3.63) is 32.2 Å². The molecule has 1 aliphatic heterocycles. The Hall–Kier alpha value is 0.360. The number of alkyl halides is 3. The first kappa shape index (κ1) is 14.8. The third-order valence-corrected chi connectivity index (χ3v) is 9.20. The number of carbonyl (C=O) groups excluding carboxylic acids is 1. The Labute approximate surface area is 137 Å². The fourth-order valence-corrected chi connectivity index (χ4v) is 6.90. The van der Waals surface area contributed by atoms with Crippen molar-refractivity contribution < 1.29 is 26.0 Å². The molecule has 0 radical (unpaired) electrons. The average molecular weight is 538 g/mol. The van der Waals surface area contributed by atoms with Crippen molar-refractivity contribution in [1.82, 2.24) is 9.88 Å². The van der Waals surface area contributed by atoms with Crippen LogP contribution in [0.25, 0.3) is 0 Å². The topological polar surface area (TPSA) is 51.1 Å². The first-order valence-electron chi connectivity index (χ1n) is 5.45. The molecule has 1 aliphatic rings. The fraction of sp³-hybridized carbons (Fsp3) is 0.455. The van der Waals surface area contributed by atoms with Gasteiger partial charge in [-0.3, -0.25) is 0 Å². The molecule has 1 aromatic heterocycles. The molecule has 1 unspecified atom stereocenters. The Balaban J connectivity index is 2.64. The average Bonchev–Trinajstić information content (AvgIpc) is 2.56. The van der Waals surface area contributed by atoms with Crippen LogP contribution in [0.1, 0.15) is 29.4 Å². The zero-order chi connectivity index (χ0) is 13.5. The van der Waals surface area contributed by atoms with Crippen LogP contribution in [0.5, 0.6) is 0 Å². The number of amides is 1. The molecule has 0 aromatic carbocycles. The number of halogens is 3. The zero-order valence-corrected chi connectivity index (χ0v) is 15.8. The van der Waals surface area contributed by atoms with Crippen LogP contribution in [-0.4, -0.2) is 14.9 Å². The minimum absolute atomic E-state index is 0.126. The van der Waals surface area contributed by atoms with Crippen molar-refractivity contribution in [2.45, 2.75) is 21.9 Å². The number of hydrogen-bond acceptors (Lipinski definition) is 2. The van der Waals surface area contributed by atoms with Crippen molar-refractivity contribution in [1.29, 1.82) is 0 Å². The Morgan fingerprint density at radius 1 is 1.56 bits per heavy atom. The first-order valence-corrected chi connectivity index (χ1v) is 9.92. The van der Waals surface area contributed by atoms with E-state index in [1.165, 1.54) is 0 Å². The summed E-state index contributed by atoms with van der Waals surface area (Å²) in [5.74, 6) is -0.137. The van der Waals surface area contributed by atoms with Gasteiger partial charge in [0.15, 0.2) is 0 Å². The minimum atomic E-state index is -0.523. The van der Waals surface area contributed by atoms with Crippen LogP contribution < -0.4 is 32.1 Å². The van der Waals surface area contributed by atoms with E-state index in [1.54, 1.807) is 10.6 Å². The van der Waals surface area contributed by atoms with Gasteiger partial charge in [-0.15, -0.1) is 0 Å². The summed E-state index contributed by atoms with van der Waals surface area (Å²) >= 11 is 5.17. The van der Waals surface area contributed by atoms with Gasteiger partial charge in [0, 0.05) is 0 Å². The molecule has 2 heterocycles. The van der Waals surface area contributed by atoms with Crippen LogP contribution in [0.3, 0.4) is 0 Å². The number of aromatic nitrogens is 1. The van der Waals surface area contributed by atoms with Gasteiger partial charge in [0.25, 0.3) is 0 Å². The number of aryl methyl sites for hydroxylation is 1. The molecule has 7 heteroatoms. The summed E-state index contributed by atoms with van der Waals surface area (Å²) < 4.78 is 2.70. The van der Waals surface area contributed by atoms with E-state index >= 15 is 0 Å². The van der Waals surface area contributed by atoms with E-state index in [9.17, 15) is 9.59 Å².